The predicted octanol–water partition coefficient (Wildman–Crippen LogP) is 5.78. The lowest BCUT2D eigenvalue weighted by molar-refractivity contribution is 0.304. The van der Waals surface area contributed by atoms with E-state index in [9.17, 15) is 0 Å². The number of hydrogen-bond acceptors (Lipinski definition) is 3. The molecule has 0 saturated heterocycles. The van der Waals surface area contributed by atoms with Gasteiger partial charge in [0, 0.05) is 0 Å². The normalized spacial score (nSPS) is 10.1. The second kappa shape index (κ2) is 12.6. The molecule has 0 N–H and O–H groups in total. The predicted molar refractivity (Wildman–Crippen MR) is 108 cm³/mol. The van der Waals surface area contributed by atoms with Crippen molar-refractivity contribution < 1.29 is 4.74 Å². The van der Waals surface area contributed by atoms with Crippen LogP contribution in [-0.2, 0) is 19.3 Å². The van der Waals surface area contributed by atoms with Gasteiger partial charge in [-0.2, -0.15) is 10.5 Å². The number of ether oxygens (including phenoxy) is 1. The van der Waals surface area contributed by atoms with E-state index in [2.05, 4.69) is 36.4 Å². The molecule has 0 heterocycles. The summed E-state index contributed by atoms with van der Waals surface area (Å²) in [6.45, 7) is 0.757. The maximum atomic E-state index is 8.69. The highest BCUT2D eigenvalue weighted by molar-refractivity contribution is 5.28. The van der Waals surface area contributed by atoms with Crippen molar-refractivity contribution in [3.8, 4) is 17.9 Å². The van der Waals surface area contributed by atoms with Crippen molar-refractivity contribution in [2.75, 3.05) is 6.61 Å². The van der Waals surface area contributed by atoms with Gasteiger partial charge in [0.05, 0.1) is 31.6 Å². The largest absolute Gasteiger partial charge is 0.494 e. The van der Waals surface area contributed by atoms with Crippen molar-refractivity contribution in [3.63, 3.8) is 0 Å². The van der Waals surface area contributed by atoms with Crippen molar-refractivity contribution in [1.82, 2.24) is 0 Å². The summed E-state index contributed by atoms with van der Waals surface area (Å²) in [6.07, 6.45) is 9.38. The summed E-state index contributed by atoms with van der Waals surface area (Å²) >= 11 is 0. The van der Waals surface area contributed by atoms with Crippen molar-refractivity contribution in [2.45, 2.75) is 57.8 Å². The zero-order valence-corrected chi connectivity index (χ0v) is 16.0. The maximum absolute atomic E-state index is 8.69. The minimum absolute atomic E-state index is 0.451. The molecule has 0 aliphatic rings. The van der Waals surface area contributed by atoms with Gasteiger partial charge in [0.1, 0.15) is 5.75 Å². The highest BCUT2D eigenvalue weighted by atomic mass is 16.5. The Morgan fingerprint density at radius 2 is 1.07 bits per heavy atom. The number of hydrogen-bond donors (Lipinski definition) is 0. The van der Waals surface area contributed by atoms with Crippen LogP contribution < -0.4 is 4.74 Å². The van der Waals surface area contributed by atoms with Crippen molar-refractivity contribution in [2.24, 2.45) is 0 Å². The minimum Gasteiger partial charge on any atom is -0.494 e. The number of nitrogens with zero attached hydrogens (tertiary/aromatic N) is 2. The molecule has 0 amide bonds. The minimum atomic E-state index is 0.451. The van der Waals surface area contributed by atoms with Crippen molar-refractivity contribution in [1.29, 1.82) is 10.5 Å². The van der Waals surface area contributed by atoms with E-state index in [0.717, 1.165) is 36.3 Å². The second-order valence-corrected chi connectivity index (χ2v) is 6.85. The number of rotatable bonds is 12. The average Bonchev–Trinajstić information content (AvgIpc) is 2.69. The Morgan fingerprint density at radius 1 is 0.593 bits per heavy atom. The van der Waals surface area contributed by atoms with Crippen LogP contribution in [0.2, 0.25) is 0 Å². The first-order valence-corrected chi connectivity index (χ1v) is 9.85. The molecule has 3 heteroatoms. The Hall–Kier alpha value is -2.78. The van der Waals surface area contributed by atoms with Crippen LogP contribution in [0.3, 0.4) is 0 Å². The zero-order chi connectivity index (χ0) is 19.2. The van der Waals surface area contributed by atoms with Gasteiger partial charge >= 0.3 is 0 Å². The molecule has 0 saturated carbocycles. The van der Waals surface area contributed by atoms with E-state index < -0.39 is 0 Å². The van der Waals surface area contributed by atoms with Crippen LogP contribution in [0.25, 0.3) is 0 Å². The van der Waals surface area contributed by atoms with E-state index in [-0.39, 0.29) is 0 Å². The van der Waals surface area contributed by atoms with Gasteiger partial charge in [0.2, 0.25) is 0 Å². The smallest absolute Gasteiger partial charge is 0.119 e. The van der Waals surface area contributed by atoms with Gasteiger partial charge in [-0.25, -0.2) is 0 Å². The van der Waals surface area contributed by atoms with Crippen LogP contribution in [0.1, 0.15) is 55.2 Å². The quantitative estimate of drug-likeness (QED) is 0.451. The van der Waals surface area contributed by atoms with Gasteiger partial charge in [-0.1, -0.05) is 62.1 Å². The molecule has 0 spiro atoms. The van der Waals surface area contributed by atoms with Crippen LogP contribution in [0, 0.1) is 22.7 Å². The molecule has 140 valence electrons. The lowest BCUT2D eigenvalue weighted by Crippen LogP contribution is -1.97. The Bertz CT molecular complexity index is 670. The molecular formula is C24H28N2O. The van der Waals surface area contributed by atoms with Gasteiger partial charge in [-0.05, 0) is 48.1 Å². The van der Waals surface area contributed by atoms with Crippen LogP contribution in [-0.4, -0.2) is 6.61 Å². The molecule has 0 bridgehead atoms. The number of unbranched alkanes of at least 4 members (excludes halogenated alkanes) is 5. The molecule has 0 fully saturated rings. The first kappa shape index (κ1) is 20.5. The Labute approximate surface area is 163 Å². The van der Waals surface area contributed by atoms with Crippen LogP contribution >= 0.6 is 0 Å². The first-order valence-electron chi connectivity index (χ1n) is 9.85. The summed E-state index contributed by atoms with van der Waals surface area (Å²) < 4.78 is 5.75. The van der Waals surface area contributed by atoms with Crippen molar-refractivity contribution >= 4 is 0 Å². The molecule has 2 aromatic rings. The topological polar surface area (TPSA) is 56.8 Å². The molecule has 3 nitrogen and oxygen atoms in total. The summed E-state index contributed by atoms with van der Waals surface area (Å²) in [7, 11) is 0. The Balaban J connectivity index is 1.46. The monoisotopic (exact) mass is 360 g/mol. The number of aryl methyl sites for hydroxylation is 1. The first-order chi connectivity index (χ1) is 13.3. The third-order valence-electron chi connectivity index (χ3n) is 4.64. The van der Waals surface area contributed by atoms with Gasteiger partial charge in [-0.3, -0.25) is 0 Å². The summed E-state index contributed by atoms with van der Waals surface area (Å²) in [5.74, 6) is 0.887. The van der Waals surface area contributed by atoms with Crippen LogP contribution in [0.4, 0.5) is 0 Å². The summed E-state index contributed by atoms with van der Waals surface area (Å²) in [5.41, 5.74) is 3.50. The fraction of sp³-hybridized carbons (Fsp3) is 0.417. The lowest BCUT2D eigenvalue weighted by atomic mass is 10.0. The third kappa shape index (κ3) is 8.43. The highest BCUT2D eigenvalue weighted by Gasteiger charge is 1.98. The summed E-state index contributed by atoms with van der Waals surface area (Å²) in [4.78, 5) is 0. The van der Waals surface area contributed by atoms with Gasteiger partial charge in [-0.15, -0.1) is 0 Å². The van der Waals surface area contributed by atoms with E-state index in [0.29, 0.717) is 12.8 Å². The maximum Gasteiger partial charge on any atom is 0.119 e. The molecule has 0 radical (unpaired) electrons. The molecule has 0 aromatic heterocycles. The average molecular weight is 361 g/mol. The molecule has 27 heavy (non-hydrogen) atoms. The fourth-order valence-corrected chi connectivity index (χ4v) is 3.04. The molecule has 0 atom stereocenters. The molecule has 2 aromatic carbocycles. The Kier molecular flexibility index (Phi) is 9.55. The van der Waals surface area contributed by atoms with E-state index >= 15 is 0 Å². The fourth-order valence-electron chi connectivity index (χ4n) is 3.04. The number of benzene rings is 2. The Morgan fingerprint density at radius 3 is 1.67 bits per heavy atom. The van der Waals surface area contributed by atoms with E-state index in [1.165, 1.54) is 37.7 Å². The molecule has 0 unspecified atom stereocenters. The summed E-state index contributed by atoms with van der Waals surface area (Å²) in [5, 5.41) is 17.3. The molecular weight excluding hydrogens is 332 g/mol. The van der Waals surface area contributed by atoms with E-state index in [1.54, 1.807) is 0 Å². The number of nitriles is 2. The molecule has 0 aliphatic carbocycles. The second-order valence-electron chi connectivity index (χ2n) is 6.85. The zero-order valence-electron chi connectivity index (χ0n) is 16.0. The van der Waals surface area contributed by atoms with Gasteiger partial charge in [0.25, 0.3) is 0 Å². The lowest BCUT2D eigenvalue weighted by Gasteiger charge is -2.07. The molecule has 0 aliphatic heterocycles. The van der Waals surface area contributed by atoms with Crippen molar-refractivity contribution in [3.05, 3.63) is 65.2 Å². The van der Waals surface area contributed by atoms with Crippen LogP contribution in [0.5, 0.6) is 5.75 Å². The van der Waals surface area contributed by atoms with Crippen LogP contribution in [0.15, 0.2) is 48.5 Å². The molecule has 2 rings (SSSR count). The SMILES string of the molecule is N#CCc1ccc(CCCCCCCCOc2ccc(CC#N)cc2)cc1. The van der Waals surface area contributed by atoms with E-state index in [4.69, 9.17) is 15.3 Å². The van der Waals surface area contributed by atoms with E-state index in [1.807, 2.05) is 24.3 Å². The van der Waals surface area contributed by atoms with Gasteiger partial charge in [0.15, 0.2) is 0 Å². The third-order valence-corrected chi connectivity index (χ3v) is 4.64. The standard InChI is InChI=1S/C24H28N2O/c25-18-16-22-10-8-21(9-11-22)7-5-3-1-2-4-6-20-27-24-14-12-23(13-15-24)17-19-26/h8-15H,1-7,16-17,20H2. The summed E-state index contributed by atoms with van der Waals surface area (Å²) in [6, 6.07) is 20.6. The highest BCUT2D eigenvalue weighted by Crippen LogP contribution is 2.14. The van der Waals surface area contributed by atoms with Gasteiger partial charge < -0.3 is 4.74 Å².